The van der Waals surface area contributed by atoms with Crippen LogP contribution in [0.25, 0.3) is 0 Å². The van der Waals surface area contributed by atoms with Crippen molar-refractivity contribution in [1.82, 2.24) is 0 Å². The fourth-order valence-corrected chi connectivity index (χ4v) is 1.44. The van der Waals surface area contributed by atoms with Crippen molar-refractivity contribution in [3.05, 3.63) is 23.8 Å². The second-order valence-corrected chi connectivity index (χ2v) is 4.44. The summed E-state index contributed by atoms with van der Waals surface area (Å²) < 4.78 is 40.7. The van der Waals surface area contributed by atoms with Crippen LogP contribution in [0.4, 0.5) is 24.5 Å². The highest BCUT2D eigenvalue weighted by molar-refractivity contribution is 5.95. The number of amides is 1. The van der Waals surface area contributed by atoms with Crippen LogP contribution in [0.15, 0.2) is 18.2 Å². The molecular weight excluding hydrogens is 273 g/mol. The van der Waals surface area contributed by atoms with Crippen LogP contribution < -0.4 is 11.1 Å². The highest BCUT2D eigenvalue weighted by Crippen LogP contribution is 2.20. The zero-order valence-corrected chi connectivity index (χ0v) is 11.3. The SMILES string of the molecule is Cc1ccc(N)cc1NC(=O)C(C)OCCC(F)(F)F. The average molecular weight is 290 g/mol. The van der Waals surface area contributed by atoms with Gasteiger partial charge in [0.1, 0.15) is 6.10 Å². The summed E-state index contributed by atoms with van der Waals surface area (Å²) in [6, 6.07) is 5.00. The lowest BCUT2D eigenvalue weighted by Crippen LogP contribution is -2.29. The van der Waals surface area contributed by atoms with Crippen LogP contribution in [-0.2, 0) is 9.53 Å². The molecule has 0 saturated heterocycles. The minimum Gasteiger partial charge on any atom is -0.399 e. The topological polar surface area (TPSA) is 64.3 Å². The summed E-state index contributed by atoms with van der Waals surface area (Å²) in [7, 11) is 0. The summed E-state index contributed by atoms with van der Waals surface area (Å²) in [6.07, 6.45) is -6.35. The Kier molecular flexibility index (Phi) is 5.38. The highest BCUT2D eigenvalue weighted by atomic mass is 19.4. The van der Waals surface area contributed by atoms with Crippen molar-refractivity contribution >= 4 is 17.3 Å². The summed E-state index contributed by atoms with van der Waals surface area (Å²) in [5.74, 6) is -0.513. The molecule has 1 aromatic rings. The van der Waals surface area contributed by atoms with E-state index in [1.807, 2.05) is 0 Å². The molecule has 1 aromatic carbocycles. The van der Waals surface area contributed by atoms with Gasteiger partial charge in [0.2, 0.25) is 0 Å². The van der Waals surface area contributed by atoms with E-state index in [0.29, 0.717) is 11.4 Å². The first kappa shape index (κ1) is 16.3. The van der Waals surface area contributed by atoms with Crippen molar-refractivity contribution in [2.75, 3.05) is 17.7 Å². The van der Waals surface area contributed by atoms with Crippen LogP contribution in [0.3, 0.4) is 0 Å². The highest BCUT2D eigenvalue weighted by Gasteiger charge is 2.27. The molecule has 0 aliphatic rings. The molecule has 0 fully saturated rings. The summed E-state index contributed by atoms with van der Waals surface area (Å²) in [6.45, 7) is 2.63. The van der Waals surface area contributed by atoms with Gasteiger partial charge in [-0.15, -0.1) is 0 Å². The van der Waals surface area contributed by atoms with Gasteiger partial charge in [-0.3, -0.25) is 4.79 Å². The van der Waals surface area contributed by atoms with Crippen LogP contribution in [0.2, 0.25) is 0 Å². The number of alkyl halides is 3. The molecule has 4 nitrogen and oxygen atoms in total. The number of hydrogen-bond donors (Lipinski definition) is 2. The minimum atomic E-state index is -4.29. The van der Waals surface area contributed by atoms with Crippen LogP contribution in [0.1, 0.15) is 18.9 Å². The Morgan fingerprint density at radius 2 is 2.10 bits per heavy atom. The first-order chi connectivity index (χ1) is 9.19. The van der Waals surface area contributed by atoms with Crippen LogP contribution >= 0.6 is 0 Å². The van der Waals surface area contributed by atoms with Crippen molar-refractivity contribution < 1.29 is 22.7 Å². The second kappa shape index (κ2) is 6.60. The number of nitrogens with two attached hydrogens (primary N) is 1. The molecule has 0 aliphatic heterocycles. The first-order valence-electron chi connectivity index (χ1n) is 6.04. The number of carbonyl (C=O) groups excluding carboxylic acids is 1. The lowest BCUT2D eigenvalue weighted by molar-refractivity contribution is -0.152. The molecule has 0 bridgehead atoms. The molecule has 1 rings (SSSR count). The Hall–Kier alpha value is -1.76. The van der Waals surface area contributed by atoms with Crippen molar-refractivity contribution in [2.45, 2.75) is 32.5 Å². The van der Waals surface area contributed by atoms with Gasteiger partial charge in [0.25, 0.3) is 5.91 Å². The van der Waals surface area contributed by atoms with Gasteiger partial charge >= 0.3 is 6.18 Å². The standard InChI is InChI=1S/C13H17F3N2O2/c1-8-3-4-10(17)7-11(8)18-12(19)9(2)20-6-5-13(14,15)16/h3-4,7,9H,5-6,17H2,1-2H3,(H,18,19). The molecule has 0 radical (unpaired) electrons. The normalized spacial score (nSPS) is 13.1. The van der Waals surface area contributed by atoms with Gasteiger partial charge in [0, 0.05) is 11.4 Å². The van der Waals surface area contributed by atoms with E-state index in [9.17, 15) is 18.0 Å². The summed E-state index contributed by atoms with van der Waals surface area (Å²) >= 11 is 0. The number of nitrogen functional groups attached to an aromatic ring is 1. The molecule has 0 heterocycles. The number of aryl methyl sites for hydroxylation is 1. The van der Waals surface area contributed by atoms with E-state index in [-0.39, 0.29) is 0 Å². The van der Waals surface area contributed by atoms with E-state index in [2.05, 4.69) is 5.32 Å². The molecule has 1 unspecified atom stereocenters. The summed E-state index contributed by atoms with van der Waals surface area (Å²) in [4.78, 5) is 11.8. The van der Waals surface area contributed by atoms with Gasteiger partial charge in [-0.2, -0.15) is 13.2 Å². The monoisotopic (exact) mass is 290 g/mol. The van der Waals surface area contributed by atoms with E-state index in [0.717, 1.165) is 5.56 Å². The number of anilines is 2. The Morgan fingerprint density at radius 3 is 2.70 bits per heavy atom. The zero-order chi connectivity index (χ0) is 15.3. The predicted molar refractivity (Wildman–Crippen MR) is 70.3 cm³/mol. The van der Waals surface area contributed by atoms with Gasteiger partial charge in [-0.25, -0.2) is 0 Å². The number of nitrogens with one attached hydrogen (secondary N) is 1. The largest absolute Gasteiger partial charge is 0.399 e. The molecule has 0 saturated carbocycles. The number of ether oxygens (including phenoxy) is 1. The lowest BCUT2D eigenvalue weighted by Gasteiger charge is -2.15. The Morgan fingerprint density at radius 1 is 1.45 bits per heavy atom. The summed E-state index contributed by atoms with van der Waals surface area (Å²) in [5, 5.41) is 2.57. The van der Waals surface area contributed by atoms with Gasteiger partial charge in [0.05, 0.1) is 13.0 Å². The maximum absolute atomic E-state index is 12.0. The molecule has 0 aromatic heterocycles. The molecule has 1 atom stereocenters. The predicted octanol–water partition coefficient (Wildman–Crippen LogP) is 2.87. The second-order valence-electron chi connectivity index (χ2n) is 4.44. The Labute approximate surface area is 115 Å². The van der Waals surface area contributed by atoms with Crippen LogP contribution in [-0.4, -0.2) is 24.8 Å². The van der Waals surface area contributed by atoms with Crippen LogP contribution in [0.5, 0.6) is 0 Å². The lowest BCUT2D eigenvalue weighted by atomic mass is 10.2. The molecule has 3 N–H and O–H groups in total. The van der Waals surface area contributed by atoms with E-state index in [1.165, 1.54) is 6.92 Å². The van der Waals surface area contributed by atoms with E-state index in [1.54, 1.807) is 25.1 Å². The number of hydrogen-bond acceptors (Lipinski definition) is 3. The van der Waals surface area contributed by atoms with E-state index in [4.69, 9.17) is 10.5 Å². The molecule has 7 heteroatoms. The van der Waals surface area contributed by atoms with Gasteiger partial charge in [0.15, 0.2) is 0 Å². The number of carbonyl (C=O) groups is 1. The fourth-order valence-electron chi connectivity index (χ4n) is 1.44. The zero-order valence-electron chi connectivity index (χ0n) is 11.3. The number of halogens is 3. The minimum absolute atomic E-state index is 0.483. The van der Waals surface area contributed by atoms with Gasteiger partial charge < -0.3 is 15.8 Å². The molecule has 20 heavy (non-hydrogen) atoms. The Balaban J connectivity index is 2.51. The maximum Gasteiger partial charge on any atom is 0.391 e. The van der Waals surface area contributed by atoms with Crippen molar-refractivity contribution in [3.8, 4) is 0 Å². The third-order valence-electron chi connectivity index (χ3n) is 2.64. The van der Waals surface area contributed by atoms with E-state index >= 15 is 0 Å². The third kappa shape index (κ3) is 5.48. The fraction of sp³-hybridized carbons (Fsp3) is 0.462. The van der Waals surface area contributed by atoms with Crippen molar-refractivity contribution in [2.24, 2.45) is 0 Å². The molecule has 112 valence electrons. The quantitative estimate of drug-likeness (QED) is 0.820. The smallest absolute Gasteiger partial charge is 0.391 e. The first-order valence-corrected chi connectivity index (χ1v) is 6.04. The molecular formula is C13H17F3N2O2. The number of rotatable bonds is 5. The maximum atomic E-state index is 12.0. The van der Waals surface area contributed by atoms with Gasteiger partial charge in [-0.1, -0.05) is 6.07 Å². The molecule has 0 aliphatic carbocycles. The Bertz CT molecular complexity index is 475. The van der Waals surface area contributed by atoms with Crippen molar-refractivity contribution in [3.63, 3.8) is 0 Å². The van der Waals surface area contributed by atoms with Crippen molar-refractivity contribution in [1.29, 1.82) is 0 Å². The number of benzene rings is 1. The summed E-state index contributed by atoms with van der Waals surface area (Å²) in [5.41, 5.74) is 7.40. The van der Waals surface area contributed by atoms with Crippen LogP contribution in [0, 0.1) is 6.92 Å². The molecule has 1 amide bonds. The van der Waals surface area contributed by atoms with Gasteiger partial charge in [-0.05, 0) is 31.5 Å². The molecule has 0 spiro atoms. The third-order valence-corrected chi connectivity index (χ3v) is 2.64. The average Bonchev–Trinajstić information content (AvgIpc) is 2.32. The van der Waals surface area contributed by atoms with E-state index < -0.39 is 31.2 Å².